The van der Waals surface area contributed by atoms with Crippen LogP contribution in [0, 0.1) is 5.92 Å². The average Bonchev–Trinajstić information content (AvgIpc) is 2.63. The van der Waals surface area contributed by atoms with Crippen LogP contribution >= 0.6 is 23.8 Å². The van der Waals surface area contributed by atoms with E-state index in [1.54, 1.807) is 0 Å². The van der Waals surface area contributed by atoms with E-state index in [1.165, 1.54) is 19.3 Å². The topological polar surface area (TPSA) is 38.0 Å². The monoisotopic (exact) mass is 268 g/mol. The molecule has 4 heteroatoms. The number of halogens is 1. The summed E-state index contributed by atoms with van der Waals surface area (Å²) >= 11 is 11.1. The summed E-state index contributed by atoms with van der Waals surface area (Å²) < 4.78 is 0. The lowest BCUT2D eigenvalue weighted by atomic mass is 10.1. The van der Waals surface area contributed by atoms with Crippen molar-refractivity contribution in [1.82, 2.24) is 0 Å². The van der Waals surface area contributed by atoms with E-state index in [4.69, 9.17) is 29.6 Å². The van der Waals surface area contributed by atoms with Crippen LogP contribution in [-0.4, -0.2) is 11.0 Å². The molecule has 0 bridgehead atoms. The zero-order chi connectivity index (χ0) is 12.4. The van der Waals surface area contributed by atoms with Crippen LogP contribution in [0.2, 0.25) is 5.02 Å². The molecule has 0 saturated heterocycles. The zero-order valence-corrected chi connectivity index (χ0v) is 11.4. The van der Waals surface area contributed by atoms with Crippen LogP contribution < -0.4 is 11.1 Å². The third-order valence-electron chi connectivity index (χ3n) is 3.30. The van der Waals surface area contributed by atoms with Crippen LogP contribution in [0.1, 0.15) is 31.7 Å². The molecule has 1 saturated carbocycles. The molecule has 1 aliphatic rings. The van der Waals surface area contributed by atoms with E-state index in [-0.39, 0.29) is 0 Å². The number of hydrogen-bond donors (Lipinski definition) is 2. The molecule has 0 spiro atoms. The highest BCUT2D eigenvalue weighted by Crippen LogP contribution is 2.29. The van der Waals surface area contributed by atoms with E-state index < -0.39 is 0 Å². The first-order chi connectivity index (χ1) is 8.06. The molecular formula is C13H17ClN2S. The van der Waals surface area contributed by atoms with E-state index in [2.05, 4.69) is 12.2 Å². The zero-order valence-electron chi connectivity index (χ0n) is 9.87. The van der Waals surface area contributed by atoms with Crippen molar-refractivity contribution in [3.05, 3.63) is 28.8 Å². The number of nitrogens with two attached hydrogens (primary N) is 1. The number of anilines is 1. The predicted octanol–water partition coefficient (Wildman–Crippen LogP) is 3.57. The Hall–Kier alpha value is -0.800. The van der Waals surface area contributed by atoms with Crippen molar-refractivity contribution in [2.24, 2.45) is 11.7 Å². The van der Waals surface area contributed by atoms with Crippen molar-refractivity contribution in [1.29, 1.82) is 0 Å². The molecule has 2 unspecified atom stereocenters. The Labute approximate surface area is 113 Å². The summed E-state index contributed by atoms with van der Waals surface area (Å²) in [6.07, 6.45) is 3.67. The largest absolute Gasteiger partial charge is 0.389 e. The molecule has 1 aromatic carbocycles. The maximum Gasteiger partial charge on any atom is 0.106 e. The Morgan fingerprint density at radius 1 is 1.47 bits per heavy atom. The molecule has 3 N–H and O–H groups in total. The van der Waals surface area contributed by atoms with Gasteiger partial charge in [0.2, 0.25) is 0 Å². The van der Waals surface area contributed by atoms with Gasteiger partial charge in [-0.25, -0.2) is 0 Å². The van der Waals surface area contributed by atoms with Gasteiger partial charge in [0.05, 0.1) is 0 Å². The van der Waals surface area contributed by atoms with Crippen molar-refractivity contribution < 1.29 is 0 Å². The van der Waals surface area contributed by atoms with E-state index >= 15 is 0 Å². The highest BCUT2D eigenvalue weighted by atomic mass is 35.5. The summed E-state index contributed by atoms with van der Waals surface area (Å²) in [5, 5.41) is 4.22. The van der Waals surface area contributed by atoms with Gasteiger partial charge in [-0.05, 0) is 43.4 Å². The molecule has 0 heterocycles. The summed E-state index contributed by atoms with van der Waals surface area (Å²) in [5.41, 5.74) is 7.56. The van der Waals surface area contributed by atoms with Gasteiger partial charge in [-0.2, -0.15) is 0 Å². The minimum Gasteiger partial charge on any atom is -0.389 e. The molecule has 2 nitrogen and oxygen atoms in total. The molecule has 0 amide bonds. The first-order valence-corrected chi connectivity index (χ1v) is 6.71. The highest BCUT2D eigenvalue weighted by Gasteiger charge is 2.22. The molecule has 0 radical (unpaired) electrons. The van der Waals surface area contributed by atoms with Crippen molar-refractivity contribution in [2.75, 3.05) is 5.32 Å². The van der Waals surface area contributed by atoms with Crippen LogP contribution in [0.15, 0.2) is 18.2 Å². The van der Waals surface area contributed by atoms with Gasteiger partial charge >= 0.3 is 0 Å². The number of nitrogens with one attached hydrogen (secondary N) is 1. The van der Waals surface area contributed by atoms with Crippen LogP contribution in [0.4, 0.5) is 5.69 Å². The van der Waals surface area contributed by atoms with Gasteiger partial charge < -0.3 is 11.1 Å². The second-order valence-corrected chi connectivity index (χ2v) is 5.69. The number of rotatable bonds is 3. The lowest BCUT2D eigenvalue weighted by molar-refractivity contribution is 0.602. The van der Waals surface area contributed by atoms with Crippen LogP contribution in [0.3, 0.4) is 0 Å². The molecule has 17 heavy (non-hydrogen) atoms. The van der Waals surface area contributed by atoms with Crippen molar-refractivity contribution in [2.45, 2.75) is 32.2 Å². The Kier molecular flexibility index (Phi) is 3.89. The van der Waals surface area contributed by atoms with E-state index in [0.717, 1.165) is 17.2 Å². The number of hydrogen-bond acceptors (Lipinski definition) is 2. The van der Waals surface area contributed by atoms with Crippen LogP contribution in [0.5, 0.6) is 0 Å². The number of benzene rings is 1. The lowest BCUT2D eigenvalue weighted by Crippen LogP contribution is -2.19. The van der Waals surface area contributed by atoms with Gasteiger partial charge in [-0.15, -0.1) is 0 Å². The Bertz CT molecular complexity index is 433. The van der Waals surface area contributed by atoms with Crippen molar-refractivity contribution in [3.8, 4) is 0 Å². The smallest absolute Gasteiger partial charge is 0.106 e. The fourth-order valence-electron chi connectivity index (χ4n) is 2.41. The second-order valence-electron chi connectivity index (χ2n) is 4.81. The predicted molar refractivity (Wildman–Crippen MR) is 77.8 cm³/mol. The van der Waals surface area contributed by atoms with Crippen LogP contribution in [-0.2, 0) is 0 Å². The third-order valence-corrected chi connectivity index (χ3v) is 3.76. The normalized spacial score (nSPS) is 23.6. The quantitative estimate of drug-likeness (QED) is 0.823. The minimum atomic E-state index is 0.412. The summed E-state index contributed by atoms with van der Waals surface area (Å²) in [5.74, 6) is 0.792. The Morgan fingerprint density at radius 2 is 2.24 bits per heavy atom. The van der Waals surface area contributed by atoms with Crippen molar-refractivity contribution in [3.63, 3.8) is 0 Å². The van der Waals surface area contributed by atoms with Crippen molar-refractivity contribution >= 4 is 34.5 Å². The maximum atomic E-state index is 6.01. The van der Waals surface area contributed by atoms with Gasteiger partial charge in [0.1, 0.15) is 4.99 Å². The molecule has 2 atom stereocenters. The molecule has 0 aliphatic heterocycles. The second kappa shape index (κ2) is 5.23. The third kappa shape index (κ3) is 3.11. The maximum absolute atomic E-state index is 6.01. The standard InChI is InChI=1S/C13H17ClN2S/c1-8-2-4-10(6-8)16-12-7-9(14)3-5-11(12)13(15)17/h3,5,7-8,10,16H,2,4,6H2,1H3,(H2,15,17). The van der Waals surface area contributed by atoms with Gasteiger partial charge in [-0.3, -0.25) is 0 Å². The Balaban J connectivity index is 2.19. The van der Waals surface area contributed by atoms with Gasteiger partial charge in [0.25, 0.3) is 0 Å². The summed E-state index contributed by atoms with van der Waals surface area (Å²) in [6, 6.07) is 6.11. The minimum absolute atomic E-state index is 0.412. The summed E-state index contributed by atoms with van der Waals surface area (Å²) in [7, 11) is 0. The molecule has 2 rings (SSSR count). The summed E-state index contributed by atoms with van der Waals surface area (Å²) in [4.78, 5) is 0.412. The van der Waals surface area contributed by atoms with E-state index in [0.29, 0.717) is 16.1 Å². The molecule has 92 valence electrons. The fraction of sp³-hybridized carbons (Fsp3) is 0.462. The molecule has 1 aromatic rings. The lowest BCUT2D eigenvalue weighted by Gasteiger charge is -2.17. The highest BCUT2D eigenvalue weighted by molar-refractivity contribution is 7.80. The number of thiocarbonyl (C=S) groups is 1. The van der Waals surface area contributed by atoms with Gasteiger partial charge in [-0.1, -0.05) is 30.7 Å². The fourth-order valence-corrected chi connectivity index (χ4v) is 2.76. The first kappa shape index (κ1) is 12.7. The molecule has 0 aromatic heterocycles. The molecule has 1 aliphatic carbocycles. The SMILES string of the molecule is CC1CCC(Nc2cc(Cl)ccc2C(N)=S)C1. The average molecular weight is 269 g/mol. The van der Waals surface area contributed by atoms with Gasteiger partial charge in [0, 0.05) is 22.3 Å². The molecular weight excluding hydrogens is 252 g/mol. The Morgan fingerprint density at radius 3 is 2.82 bits per heavy atom. The molecule has 1 fully saturated rings. The van der Waals surface area contributed by atoms with E-state index in [9.17, 15) is 0 Å². The first-order valence-electron chi connectivity index (χ1n) is 5.92. The van der Waals surface area contributed by atoms with Crippen LogP contribution in [0.25, 0.3) is 0 Å². The summed E-state index contributed by atoms with van der Waals surface area (Å²) in [6.45, 7) is 2.29. The van der Waals surface area contributed by atoms with Gasteiger partial charge in [0.15, 0.2) is 0 Å². The van der Waals surface area contributed by atoms with E-state index in [1.807, 2.05) is 18.2 Å².